The van der Waals surface area contributed by atoms with Gasteiger partial charge in [-0.2, -0.15) is 5.48 Å². The molecule has 0 spiro atoms. The van der Waals surface area contributed by atoms with Crippen molar-refractivity contribution in [2.24, 2.45) is 17.6 Å². The Bertz CT molecular complexity index is 1760. The lowest BCUT2D eigenvalue weighted by Crippen LogP contribution is -2.45. The molecule has 4 aromatic rings. The SMILES string of the molecule is CC(C)(C)c1csc(NCC(=O)N2CCCC2C(N)=O)n1.CCCCC/C=C\C1C[C@@H]1C(=O)NOc1ccccc1.O=c1[nH]c2ccccc2o1. The van der Waals surface area contributed by atoms with E-state index in [2.05, 4.69) is 60.6 Å². The molecule has 3 amide bonds. The summed E-state index contributed by atoms with van der Waals surface area (Å²) in [6.45, 7) is 9.23. The first-order valence-electron chi connectivity index (χ1n) is 17.5. The average molecular weight is 719 g/mol. The third-order valence-corrected chi connectivity index (χ3v) is 9.24. The lowest BCUT2D eigenvalue weighted by Gasteiger charge is -2.22. The van der Waals surface area contributed by atoms with Crippen LogP contribution < -0.4 is 27.1 Å². The molecule has 2 unspecified atom stereocenters. The summed E-state index contributed by atoms with van der Waals surface area (Å²) in [4.78, 5) is 59.7. The topological polar surface area (TPSA) is 173 Å². The Kier molecular flexibility index (Phi) is 14.4. The zero-order chi connectivity index (χ0) is 36.8. The number of rotatable bonds is 12. The number of primary amides is 1. The van der Waals surface area contributed by atoms with E-state index >= 15 is 0 Å². The van der Waals surface area contributed by atoms with Gasteiger partial charge in [-0.25, -0.2) is 9.78 Å². The highest BCUT2D eigenvalue weighted by molar-refractivity contribution is 7.13. The summed E-state index contributed by atoms with van der Waals surface area (Å²) in [6, 6.07) is 16.0. The number of carbonyl (C=O) groups excluding carboxylic acids is 3. The van der Waals surface area contributed by atoms with E-state index in [0.29, 0.717) is 30.2 Å². The molecule has 1 aliphatic heterocycles. The standard InChI is InChI=1S/C17H23NO2.C14H22N4O2S.C7H5NO2/c1-2-3-4-5-7-10-14-13-16(14)17(19)18-20-15-11-8-6-9-12-15;1-14(2,3)10-8-21-13(17-10)16-7-11(19)18-6-4-5-9(18)12(15)20;9-7-8-5-3-1-2-4-6(5)10-7/h6-12,14,16H,2-5,13H2,1H3,(H,18,19);8-9H,4-7H2,1-3H3,(H2,15,20)(H,16,17);1-4H,(H,8,9)/b10-7-;;/t14?,16-;;/m0../s1. The highest BCUT2D eigenvalue weighted by Crippen LogP contribution is 2.40. The Morgan fingerprint density at radius 3 is 2.55 bits per heavy atom. The predicted molar refractivity (Wildman–Crippen MR) is 200 cm³/mol. The number of anilines is 1. The third-order valence-electron chi connectivity index (χ3n) is 8.44. The molecular formula is C38H50N6O6S. The van der Waals surface area contributed by atoms with Gasteiger partial charge in [-0.05, 0) is 62.3 Å². The van der Waals surface area contributed by atoms with Crippen molar-refractivity contribution in [3.8, 4) is 5.75 Å². The van der Waals surface area contributed by atoms with Crippen LogP contribution >= 0.6 is 11.3 Å². The minimum atomic E-state index is -0.458. The first-order valence-corrected chi connectivity index (χ1v) is 18.4. The molecule has 3 heterocycles. The predicted octanol–water partition coefficient (Wildman–Crippen LogP) is 6.32. The molecule has 3 atom stereocenters. The number of likely N-dealkylation sites (tertiary alicyclic amines) is 1. The summed E-state index contributed by atoms with van der Waals surface area (Å²) in [5, 5.41) is 5.76. The van der Waals surface area contributed by atoms with Crippen molar-refractivity contribution in [1.82, 2.24) is 20.3 Å². The van der Waals surface area contributed by atoms with E-state index in [1.807, 2.05) is 47.8 Å². The lowest BCUT2D eigenvalue weighted by atomic mass is 9.93. The van der Waals surface area contributed by atoms with Crippen LogP contribution in [0.4, 0.5) is 5.13 Å². The number of nitrogens with one attached hydrogen (secondary N) is 3. The molecule has 2 fully saturated rings. The van der Waals surface area contributed by atoms with E-state index < -0.39 is 17.7 Å². The van der Waals surface area contributed by atoms with E-state index in [-0.39, 0.29) is 29.7 Å². The number of allylic oxidation sites excluding steroid dienone is 2. The Labute approximate surface area is 302 Å². The Hall–Kier alpha value is -4.91. The fourth-order valence-corrected chi connectivity index (χ4v) is 6.33. The van der Waals surface area contributed by atoms with Crippen molar-refractivity contribution in [3.63, 3.8) is 0 Å². The number of benzene rings is 2. The van der Waals surface area contributed by atoms with Crippen LogP contribution in [-0.4, -0.2) is 51.7 Å². The second kappa shape index (κ2) is 18.9. The monoisotopic (exact) mass is 718 g/mol. The molecule has 51 heavy (non-hydrogen) atoms. The molecule has 0 radical (unpaired) electrons. The summed E-state index contributed by atoms with van der Waals surface area (Å²) < 4.78 is 4.76. The first-order chi connectivity index (χ1) is 24.5. The normalized spacial score (nSPS) is 18.0. The maximum atomic E-state index is 12.2. The van der Waals surface area contributed by atoms with E-state index in [1.54, 1.807) is 17.0 Å². The molecule has 1 aliphatic carbocycles. The van der Waals surface area contributed by atoms with Crippen LogP contribution in [0.15, 0.2) is 81.3 Å². The minimum absolute atomic E-state index is 0.00748. The van der Waals surface area contributed by atoms with E-state index in [0.717, 1.165) is 35.6 Å². The second-order valence-electron chi connectivity index (χ2n) is 13.6. The lowest BCUT2D eigenvalue weighted by molar-refractivity contribution is -0.135. The number of para-hydroxylation sites is 3. The highest BCUT2D eigenvalue weighted by Gasteiger charge is 2.41. The smallest absolute Gasteiger partial charge is 0.408 e. The molecule has 6 rings (SSSR count). The van der Waals surface area contributed by atoms with Gasteiger partial charge in [0.15, 0.2) is 16.5 Å². The van der Waals surface area contributed by atoms with E-state index in [9.17, 15) is 19.2 Å². The molecule has 2 aromatic carbocycles. The number of hydrogen-bond acceptors (Lipinski definition) is 9. The highest BCUT2D eigenvalue weighted by atomic mass is 32.1. The maximum Gasteiger partial charge on any atom is 0.417 e. The van der Waals surface area contributed by atoms with Gasteiger partial charge >= 0.3 is 5.76 Å². The molecule has 2 aliphatic rings. The average Bonchev–Trinajstić information content (AvgIpc) is 3.45. The number of fused-ring (bicyclic) bond motifs is 1. The summed E-state index contributed by atoms with van der Waals surface area (Å²) in [7, 11) is 0. The van der Waals surface area contributed by atoms with Crippen LogP contribution in [0.2, 0.25) is 0 Å². The van der Waals surface area contributed by atoms with Gasteiger partial charge < -0.3 is 25.2 Å². The maximum absolute atomic E-state index is 12.2. The molecule has 1 saturated carbocycles. The third kappa shape index (κ3) is 12.4. The van der Waals surface area contributed by atoms with Crippen molar-refractivity contribution in [2.75, 3.05) is 18.4 Å². The van der Waals surface area contributed by atoms with Gasteiger partial charge in [0.25, 0.3) is 5.91 Å². The Balaban J connectivity index is 0.000000181. The molecule has 12 nitrogen and oxygen atoms in total. The number of amides is 3. The summed E-state index contributed by atoms with van der Waals surface area (Å²) in [6.07, 6.45) is 11.7. The van der Waals surface area contributed by atoms with Crippen molar-refractivity contribution >= 4 is 45.3 Å². The van der Waals surface area contributed by atoms with Crippen LogP contribution in [0.3, 0.4) is 0 Å². The van der Waals surface area contributed by atoms with E-state index in [1.165, 1.54) is 30.6 Å². The van der Waals surface area contributed by atoms with E-state index in [4.69, 9.17) is 15.0 Å². The molecule has 2 aromatic heterocycles. The zero-order valence-corrected chi connectivity index (χ0v) is 30.7. The van der Waals surface area contributed by atoms with Gasteiger partial charge in [0, 0.05) is 23.3 Å². The number of hydroxylamine groups is 1. The quantitative estimate of drug-likeness (QED) is 0.0749. The molecule has 13 heteroatoms. The largest absolute Gasteiger partial charge is 0.417 e. The number of unbranched alkanes of at least 4 members (excludes halogenated alkanes) is 3. The van der Waals surface area contributed by atoms with Crippen LogP contribution in [-0.2, 0) is 19.8 Å². The molecule has 274 valence electrons. The van der Waals surface area contributed by atoms with Gasteiger partial charge in [-0.15, -0.1) is 11.3 Å². The number of thiazole rings is 1. The number of nitrogens with two attached hydrogens (primary N) is 1. The molecule has 0 bridgehead atoms. The first kappa shape index (κ1) is 38.9. The van der Waals surface area contributed by atoms with Crippen molar-refractivity contribution in [1.29, 1.82) is 0 Å². The Morgan fingerprint density at radius 2 is 1.86 bits per heavy atom. The van der Waals surface area contributed by atoms with Crippen LogP contribution in [0.5, 0.6) is 5.75 Å². The summed E-state index contributed by atoms with van der Waals surface area (Å²) >= 11 is 1.48. The summed E-state index contributed by atoms with van der Waals surface area (Å²) in [5.74, 6) is 0.192. The fourth-order valence-electron chi connectivity index (χ4n) is 5.39. The molecule has 5 N–H and O–H groups in total. The van der Waals surface area contributed by atoms with Crippen LogP contribution in [0, 0.1) is 11.8 Å². The van der Waals surface area contributed by atoms with Crippen molar-refractivity contribution < 1.29 is 23.6 Å². The number of H-pyrrole nitrogens is 1. The van der Waals surface area contributed by atoms with Crippen molar-refractivity contribution in [3.05, 3.63) is 88.4 Å². The van der Waals surface area contributed by atoms with Crippen LogP contribution in [0.1, 0.15) is 78.3 Å². The molecular weight excluding hydrogens is 669 g/mol. The van der Waals surface area contributed by atoms with Gasteiger partial charge in [0.1, 0.15) is 6.04 Å². The number of oxazole rings is 1. The Morgan fingerprint density at radius 1 is 1.12 bits per heavy atom. The van der Waals surface area contributed by atoms with Crippen LogP contribution in [0.25, 0.3) is 11.1 Å². The van der Waals surface area contributed by atoms with Gasteiger partial charge in [0.05, 0.1) is 17.8 Å². The summed E-state index contributed by atoms with van der Waals surface area (Å²) in [5.41, 5.74) is 10.2. The van der Waals surface area contributed by atoms with Gasteiger partial charge in [0.2, 0.25) is 11.8 Å². The zero-order valence-electron chi connectivity index (χ0n) is 29.9. The number of aromatic nitrogens is 2. The number of nitrogens with zero attached hydrogens (tertiary/aromatic N) is 2. The number of hydrogen-bond donors (Lipinski definition) is 4. The number of carbonyl (C=O) groups is 3. The molecule has 1 saturated heterocycles. The van der Waals surface area contributed by atoms with Gasteiger partial charge in [-0.1, -0.05) is 83.0 Å². The minimum Gasteiger partial charge on any atom is -0.408 e. The van der Waals surface area contributed by atoms with Crippen molar-refractivity contribution in [2.45, 2.75) is 84.1 Å². The van der Waals surface area contributed by atoms with Gasteiger partial charge in [-0.3, -0.25) is 19.4 Å². The second-order valence-corrected chi connectivity index (χ2v) is 14.5. The fraction of sp³-hybridized carbons (Fsp3) is 0.447. The number of aromatic amines is 1.